The van der Waals surface area contributed by atoms with Gasteiger partial charge in [0.05, 0.1) is 17.6 Å². The number of nitriles is 1. The Morgan fingerprint density at radius 1 is 1.30 bits per heavy atom. The molecule has 8 nitrogen and oxygen atoms in total. The Balaban J connectivity index is 1.85. The third-order valence-electron chi connectivity index (χ3n) is 4.43. The molecule has 0 saturated heterocycles. The molecule has 3 heterocycles. The van der Waals surface area contributed by atoms with Crippen molar-refractivity contribution in [1.82, 2.24) is 15.0 Å². The number of nitrogens with zero attached hydrogens (tertiary/aromatic N) is 5. The van der Waals surface area contributed by atoms with Gasteiger partial charge in [0.15, 0.2) is 0 Å². The first-order valence-electron chi connectivity index (χ1n) is 9.26. The van der Waals surface area contributed by atoms with E-state index in [0.29, 0.717) is 22.3 Å². The predicted molar refractivity (Wildman–Crippen MR) is 112 cm³/mol. The van der Waals surface area contributed by atoms with Crippen molar-refractivity contribution in [2.45, 2.75) is 26.4 Å². The van der Waals surface area contributed by atoms with Crippen LogP contribution >= 0.6 is 11.6 Å². The average molecular weight is 424 g/mol. The number of ether oxygens (including phenoxy) is 2. The number of hydrogen-bond acceptors (Lipinski definition) is 7. The normalized spacial score (nSPS) is 13.4. The number of benzene rings is 1. The SMILES string of the molecule is CC(C)(C)OC(=O)N1CCOc2ncc(-c3ccc4cnc(Cl)nc4c3)c(C#N)c21. The molecule has 0 bridgehead atoms. The zero-order valence-corrected chi connectivity index (χ0v) is 17.4. The second kappa shape index (κ2) is 7.43. The van der Waals surface area contributed by atoms with Crippen LogP contribution in [0.15, 0.2) is 30.6 Å². The Labute approximate surface area is 178 Å². The fraction of sp³-hybridized carbons (Fsp3) is 0.286. The molecule has 1 aliphatic heterocycles. The van der Waals surface area contributed by atoms with E-state index in [0.717, 1.165) is 5.39 Å². The van der Waals surface area contributed by atoms with Crippen molar-refractivity contribution in [2.24, 2.45) is 0 Å². The molecule has 3 aromatic rings. The number of anilines is 1. The van der Waals surface area contributed by atoms with Gasteiger partial charge in [0.1, 0.15) is 24.0 Å². The van der Waals surface area contributed by atoms with Crippen LogP contribution in [0.5, 0.6) is 5.88 Å². The molecule has 4 rings (SSSR count). The van der Waals surface area contributed by atoms with Gasteiger partial charge in [0.25, 0.3) is 0 Å². The minimum absolute atomic E-state index is 0.133. The summed E-state index contributed by atoms with van der Waals surface area (Å²) in [5.41, 5.74) is 1.78. The molecule has 2 aromatic heterocycles. The van der Waals surface area contributed by atoms with Gasteiger partial charge >= 0.3 is 6.09 Å². The molecule has 30 heavy (non-hydrogen) atoms. The standard InChI is InChI=1S/C21H18ClN5O3/c1-21(2,3)30-20(28)27-6-7-29-18-17(27)14(9-23)15(11-24-18)12-4-5-13-10-25-19(22)26-16(13)8-12/h4-5,8,10-11H,6-7H2,1-3H3. The number of aromatic nitrogens is 3. The number of fused-ring (bicyclic) bond motifs is 2. The summed E-state index contributed by atoms with van der Waals surface area (Å²) in [6.07, 6.45) is 2.63. The van der Waals surface area contributed by atoms with Crippen LogP contribution in [-0.4, -0.2) is 39.8 Å². The Morgan fingerprint density at radius 3 is 2.83 bits per heavy atom. The molecule has 1 aliphatic rings. The largest absolute Gasteiger partial charge is 0.474 e. The van der Waals surface area contributed by atoms with Gasteiger partial charge in [-0.2, -0.15) is 5.26 Å². The van der Waals surface area contributed by atoms with Crippen LogP contribution in [0.4, 0.5) is 10.5 Å². The van der Waals surface area contributed by atoms with Crippen LogP contribution in [0.25, 0.3) is 22.0 Å². The van der Waals surface area contributed by atoms with Gasteiger partial charge in [-0.1, -0.05) is 12.1 Å². The van der Waals surface area contributed by atoms with Crippen LogP contribution in [0.3, 0.4) is 0 Å². The number of rotatable bonds is 1. The van der Waals surface area contributed by atoms with E-state index in [2.05, 4.69) is 21.0 Å². The zero-order chi connectivity index (χ0) is 21.5. The number of amides is 1. The van der Waals surface area contributed by atoms with E-state index in [1.807, 2.05) is 12.1 Å². The van der Waals surface area contributed by atoms with E-state index in [-0.39, 0.29) is 29.9 Å². The Kier molecular flexibility index (Phi) is 4.92. The van der Waals surface area contributed by atoms with Crippen LogP contribution in [0, 0.1) is 11.3 Å². The lowest BCUT2D eigenvalue weighted by molar-refractivity contribution is 0.0566. The summed E-state index contributed by atoms with van der Waals surface area (Å²) in [5.74, 6) is 0.221. The highest BCUT2D eigenvalue weighted by molar-refractivity contribution is 6.28. The van der Waals surface area contributed by atoms with Crippen LogP contribution < -0.4 is 9.64 Å². The van der Waals surface area contributed by atoms with Crippen LogP contribution in [-0.2, 0) is 4.74 Å². The first-order valence-corrected chi connectivity index (χ1v) is 9.64. The second-order valence-corrected chi connectivity index (χ2v) is 8.04. The molecule has 0 aliphatic carbocycles. The maximum absolute atomic E-state index is 12.8. The highest BCUT2D eigenvalue weighted by atomic mass is 35.5. The predicted octanol–water partition coefficient (Wildman–Crippen LogP) is 4.35. The lowest BCUT2D eigenvalue weighted by Gasteiger charge is -2.32. The summed E-state index contributed by atoms with van der Waals surface area (Å²) in [4.78, 5) is 26.7. The lowest BCUT2D eigenvalue weighted by atomic mass is 9.99. The van der Waals surface area contributed by atoms with Crippen molar-refractivity contribution in [2.75, 3.05) is 18.1 Å². The van der Waals surface area contributed by atoms with Crippen molar-refractivity contribution in [3.05, 3.63) is 41.4 Å². The molecule has 0 saturated carbocycles. The molecule has 0 fully saturated rings. The monoisotopic (exact) mass is 423 g/mol. The first kappa shape index (κ1) is 19.9. The number of pyridine rings is 1. The minimum Gasteiger partial charge on any atom is -0.474 e. The van der Waals surface area contributed by atoms with Gasteiger partial charge in [-0.25, -0.2) is 19.7 Å². The van der Waals surface area contributed by atoms with Crippen molar-refractivity contribution < 1.29 is 14.3 Å². The van der Waals surface area contributed by atoms with Crippen molar-refractivity contribution >= 4 is 34.3 Å². The molecule has 0 N–H and O–H groups in total. The third kappa shape index (κ3) is 3.72. The second-order valence-electron chi connectivity index (χ2n) is 7.71. The molecule has 0 unspecified atom stereocenters. The first-order chi connectivity index (χ1) is 14.3. The quantitative estimate of drug-likeness (QED) is 0.536. The van der Waals surface area contributed by atoms with E-state index in [1.54, 1.807) is 39.2 Å². The topological polar surface area (TPSA) is 101 Å². The van der Waals surface area contributed by atoms with Crippen molar-refractivity contribution in [3.63, 3.8) is 0 Å². The average Bonchev–Trinajstić information content (AvgIpc) is 2.70. The number of carbonyl (C=O) groups is 1. The van der Waals surface area contributed by atoms with Crippen LogP contribution in [0.1, 0.15) is 26.3 Å². The summed E-state index contributed by atoms with van der Waals surface area (Å²) < 4.78 is 11.1. The highest BCUT2D eigenvalue weighted by Gasteiger charge is 2.32. The van der Waals surface area contributed by atoms with Crippen molar-refractivity contribution in [3.8, 4) is 23.1 Å². The Bertz CT molecular complexity index is 1200. The molecule has 0 spiro atoms. The third-order valence-corrected chi connectivity index (χ3v) is 4.62. The molecular weight excluding hydrogens is 406 g/mol. The maximum Gasteiger partial charge on any atom is 0.415 e. The van der Waals surface area contributed by atoms with Gasteiger partial charge < -0.3 is 9.47 Å². The molecule has 152 valence electrons. The molecule has 1 aromatic carbocycles. The lowest BCUT2D eigenvalue weighted by Crippen LogP contribution is -2.42. The Morgan fingerprint density at radius 2 is 2.10 bits per heavy atom. The van der Waals surface area contributed by atoms with Crippen LogP contribution in [0.2, 0.25) is 5.28 Å². The smallest absolute Gasteiger partial charge is 0.415 e. The van der Waals surface area contributed by atoms with Gasteiger partial charge in [-0.15, -0.1) is 0 Å². The molecule has 1 amide bonds. The highest BCUT2D eigenvalue weighted by Crippen LogP contribution is 2.39. The van der Waals surface area contributed by atoms with Gasteiger partial charge in [0, 0.05) is 23.3 Å². The van der Waals surface area contributed by atoms with E-state index in [4.69, 9.17) is 21.1 Å². The molecule has 9 heteroatoms. The summed E-state index contributed by atoms with van der Waals surface area (Å²) in [7, 11) is 0. The summed E-state index contributed by atoms with van der Waals surface area (Å²) in [5, 5.41) is 10.9. The van der Waals surface area contributed by atoms with E-state index in [9.17, 15) is 10.1 Å². The zero-order valence-electron chi connectivity index (χ0n) is 16.6. The number of hydrogen-bond donors (Lipinski definition) is 0. The fourth-order valence-corrected chi connectivity index (χ4v) is 3.32. The minimum atomic E-state index is -0.676. The Hall–Kier alpha value is -3.44. The van der Waals surface area contributed by atoms with E-state index >= 15 is 0 Å². The van der Waals surface area contributed by atoms with Gasteiger partial charge in [-0.05, 0) is 44.0 Å². The number of halogens is 1. The summed E-state index contributed by atoms with van der Waals surface area (Å²) in [6, 6.07) is 7.68. The molecule has 0 radical (unpaired) electrons. The van der Waals surface area contributed by atoms with Gasteiger partial charge in [0.2, 0.25) is 11.2 Å². The fourth-order valence-electron chi connectivity index (χ4n) is 3.18. The summed E-state index contributed by atoms with van der Waals surface area (Å²) in [6.45, 7) is 5.87. The molecule has 0 atom stereocenters. The molecular formula is C21H18ClN5O3. The maximum atomic E-state index is 12.8. The van der Waals surface area contributed by atoms with Crippen molar-refractivity contribution in [1.29, 1.82) is 5.26 Å². The summed E-state index contributed by atoms with van der Waals surface area (Å²) >= 11 is 5.92. The number of carbonyl (C=O) groups excluding carboxylic acids is 1. The van der Waals surface area contributed by atoms with E-state index < -0.39 is 11.7 Å². The van der Waals surface area contributed by atoms with Gasteiger partial charge in [-0.3, -0.25) is 4.90 Å². The van der Waals surface area contributed by atoms with E-state index in [1.165, 1.54) is 4.90 Å².